The van der Waals surface area contributed by atoms with Crippen molar-refractivity contribution in [1.29, 1.82) is 0 Å². The number of ether oxygens (including phenoxy) is 1. The summed E-state index contributed by atoms with van der Waals surface area (Å²) in [6.07, 6.45) is 5.92. The Labute approximate surface area is 163 Å². The van der Waals surface area contributed by atoms with Gasteiger partial charge in [0.05, 0.1) is 25.4 Å². The number of likely N-dealkylation sites (tertiary alicyclic amines) is 1. The van der Waals surface area contributed by atoms with E-state index in [4.69, 9.17) is 4.74 Å². The van der Waals surface area contributed by atoms with Gasteiger partial charge in [-0.2, -0.15) is 0 Å². The third kappa shape index (κ3) is 4.39. The second-order valence-electron chi connectivity index (χ2n) is 7.55. The molecule has 2 aromatic heterocycles. The van der Waals surface area contributed by atoms with Crippen LogP contribution in [0.5, 0.6) is 0 Å². The molecule has 1 aliphatic heterocycles. The summed E-state index contributed by atoms with van der Waals surface area (Å²) in [5.41, 5.74) is 1.86. The van der Waals surface area contributed by atoms with Gasteiger partial charge in [0.1, 0.15) is 0 Å². The molecule has 2 aromatic rings. The molecule has 0 atom stereocenters. The Hall–Kier alpha value is -2.33. The van der Waals surface area contributed by atoms with Crippen LogP contribution in [-0.2, 0) is 30.7 Å². The zero-order chi connectivity index (χ0) is 19.3. The van der Waals surface area contributed by atoms with E-state index in [1.807, 2.05) is 0 Å². The van der Waals surface area contributed by atoms with Gasteiger partial charge in [-0.25, -0.2) is 9.67 Å². The maximum absolute atomic E-state index is 12.3. The van der Waals surface area contributed by atoms with Crippen molar-refractivity contribution in [2.75, 3.05) is 32.1 Å². The highest BCUT2D eigenvalue weighted by Crippen LogP contribution is 2.19. The summed E-state index contributed by atoms with van der Waals surface area (Å²) in [6.45, 7) is 3.88. The number of hydrogen-bond donors (Lipinski definition) is 2. The molecular weight excluding hydrogens is 360 g/mol. The maximum atomic E-state index is 12.3. The van der Waals surface area contributed by atoms with Crippen LogP contribution >= 0.6 is 0 Å². The Kier molecular flexibility index (Phi) is 5.96. The maximum Gasteiger partial charge on any atom is 0.255 e. The number of nitrogens with one attached hydrogen (secondary N) is 2. The lowest BCUT2D eigenvalue weighted by Crippen LogP contribution is -2.40. The largest absolute Gasteiger partial charge is 0.383 e. The minimum atomic E-state index is 0.0209. The zero-order valence-corrected chi connectivity index (χ0v) is 16.4. The topological polar surface area (TPSA) is 114 Å². The van der Waals surface area contributed by atoms with E-state index in [0.717, 1.165) is 75.2 Å². The van der Waals surface area contributed by atoms with Gasteiger partial charge in [0.2, 0.25) is 5.95 Å². The molecule has 1 fully saturated rings. The van der Waals surface area contributed by atoms with E-state index in [2.05, 4.69) is 35.7 Å². The number of fused-ring (bicyclic) bond motifs is 1. The first kappa shape index (κ1) is 19.0. The second kappa shape index (κ2) is 8.78. The average Bonchev–Trinajstić information content (AvgIpc) is 3.15. The summed E-state index contributed by atoms with van der Waals surface area (Å²) < 4.78 is 6.91. The molecule has 0 spiro atoms. The lowest BCUT2D eigenvalue weighted by atomic mass is 9.97. The van der Waals surface area contributed by atoms with Crippen LogP contribution < -0.4 is 10.9 Å². The highest BCUT2D eigenvalue weighted by molar-refractivity contribution is 5.32. The monoisotopic (exact) mass is 388 g/mol. The normalized spacial score (nSPS) is 18.2. The summed E-state index contributed by atoms with van der Waals surface area (Å²) in [5, 5.41) is 15.4. The Bertz CT molecular complexity index is 840. The Morgan fingerprint density at radius 2 is 2.07 bits per heavy atom. The molecule has 1 saturated heterocycles. The molecule has 0 aromatic carbocycles. The minimum absolute atomic E-state index is 0.0209. The first-order chi connectivity index (χ1) is 13.7. The number of anilines is 1. The van der Waals surface area contributed by atoms with Crippen LogP contribution in [0.15, 0.2) is 4.79 Å². The summed E-state index contributed by atoms with van der Waals surface area (Å²) in [5.74, 6) is 1.48. The van der Waals surface area contributed by atoms with Gasteiger partial charge in [0, 0.05) is 31.8 Å². The smallest absolute Gasteiger partial charge is 0.255 e. The molecule has 4 rings (SSSR count). The molecule has 0 saturated carbocycles. The zero-order valence-electron chi connectivity index (χ0n) is 16.4. The highest BCUT2D eigenvalue weighted by atomic mass is 16.5. The number of H-pyrrole nitrogens is 1. The van der Waals surface area contributed by atoms with Crippen LogP contribution in [-0.4, -0.2) is 67.9 Å². The number of piperidine rings is 1. The van der Waals surface area contributed by atoms with Crippen molar-refractivity contribution in [3.63, 3.8) is 0 Å². The molecule has 0 unspecified atom stereocenters. The molecule has 3 heterocycles. The Balaban J connectivity index is 1.31. The van der Waals surface area contributed by atoms with E-state index >= 15 is 0 Å². The van der Waals surface area contributed by atoms with Gasteiger partial charge in [0.25, 0.3) is 5.56 Å². The second-order valence-corrected chi connectivity index (χ2v) is 7.55. The number of hydrogen-bond acceptors (Lipinski definition) is 8. The van der Waals surface area contributed by atoms with E-state index in [1.54, 1.807) is 11.8 Å². The molecular formula is C18H28N8O2. The third-order valence-electron chi connectivity index (χ3n) is 5.60. The molecule has 28 heavy (non-hydrogen) atoms. The molecule has 2 N–H and O–H groups in total. The molecule has 1 aliphatic carbocycles. The van der Waals surface area contributed by atoms with Crippen molar-refractivity contribution in [3.05, 3.63) is 27.4 Å². The van der Waals surface area contributed by atoms with Crippen LogP contribution in [0.3, 0.4) is 0 Å². The van der Waals surface area contributed by atoms with Gasteiger partial charge in [-0.05, 0) is 49.0 Å². The number of rotatable bonds is 7. The van der Waals surface area contributed by atoms with Gasteiger partial charge in [-0.3, -0.25) is 14.7 Å². The SMILES string of the molecule is COCCn1nnnc1CN1CCC(Nc2nc3c(c(=O)[nH]2)CCCC3)CC1. The summed E-state index contributed by atoms with van der Waals surface area (Å²) >= 11 is 0. The van der Waals surface area contributed by atoms with Gasteiger partial charge >= 0.3 is 0 Å². The molecule has 0 amide bonds. The van der Waals surface area contributed by atoms with Gasteiger partial charge in [0.15, 0.2) is 5.82 Å². The summed E-state index contributed by atoms with van der Waals surface area (Å²) in [7, 11) is 1.67. The molecule has 0 radical (unpaired) electrons. The van der Waals surface area contributed by atoms with E-state index in [9.17, 15) is 4.79 Å². The fourth-order valence-corrected chi connectivity index (χ4v) is 3.99. The van der Waals surface area contributed by atoms with Gasteiger partial charge in [-0.15, -0.1) is 5.10 Å². The Morgan fingerprint density at radius 3 is 2.89 bits per heavy atom. The number of nitrogens with zero attached hydrogens (tertiary/aromatic N) is 6. The molecule has 152 valence electrons. The quantitative estimate of drug-likeness (QED) is 0.699. The first-order valence-corrected chi connectivity index (χ1v) is 10.1. The lowest BCUT2D eigenvalue weighted by molar-refractivity contribution is 0.174. The van der Waals surface area contributed by atoms with Crippen LogP contribution in [0, 0.1) is 0 Å². The van der Waals surface area contributed by atoms with E-state index in [1.165, 1.54) is 0 Å². The van der Waals surface area contributed by atoms with E-state index < -0.39 is 0 Å². The van der Waals surface area contributed by atoms with Crippen LogP contribution in [0.1, 0.15) is 42.8 Å². The van der Waals surface area contributed by atoms with E-state index in [-0.39, 0.29) is 5.56 Å². The molecule has 10 nitrogen and oxygen atoms in total. The van der Waals surface area contributed by atoms with Gasteiger partial charge in [-0.1, -0.05) is 0 Å². The molecule has 0 bridgehead atoms. The van der Waals surface area contributed by atoms with Crippen LogP contribution in [0.25, 0.3) is 0 Å². The highest BCUT2D eigenvalue weighted by Gasteiger charge is 2.22. The van der Waals surface area contributed by atoms with Crippen LogP contribution in [0.2, 0.25) is 0 Å². The van der Waals surface area contributed by atoms with Crippen molar-refractivity contribution in [3.8, 4) is 0 Å². The summed E-state index contributed by atoms with van der Waals surface area (Å²) in [4.78, 5) is 22.2. The Morgan fingerprint density at radius 1 is 1.25 bits per heavy atom. The average molecular weight is 388 g/mol. The van der Waals surface area contributed by atoms with Crippen molar-refractivity contribution in [2.24, 2.45) is 0 Å². The van der Waals surface area contributed by atoms with Crippen molar-refractivity contribution >= 4 is 5.95 Å². The predicted octanol–water partition coefficient (Wildman–Crippen LogP) is 0.358. The molecule has 10 heteroatoms. The lowest BCUT2D eigenvalue weighted by Gasteiger charge is -2.32. The third-order valence-corrected chi connectivity index (χ3v) is 5.60. The standard InChI is InChI=1S/C18H28N8O2/c1-28-11-10-26-16(22-23-24-26)12-25-8-6-13(7-9-25)19-18-20-15-5-3-2-4-14(15)17(27)21-18/h13H,2-12H2,1H3,(H2,19,20,21,27). The fraction of sp³-hybridized carbons (Fsp3) is 0.722. The van der Waals surface area contributed by atoms with Crippen molar-refractivity contribution in [2.45, 2.75) is 57.7 Å². The number of aromatic nitrogens is 6. The predicted molar refractivity (Wildman–Crippen MR) is 103 cm³/mol. The fourth-order valence-electron chi connectivity index (χ4n) is 3.99. The van der Waals surface area contributed by atoms with Gasteiger partial charge < -0.3 is 10.1 Å². The van der Waals surface area contributed by atoms with E-state index in [0.29, 0.717) is 25.1 Å². The van der Waals surface area contributed by atoms with Crippen LogP contribution in [0.4, 0.5) is 5.95 Å². The molecule has 2 aliphatic rings. The summed E-state index contributed by atoms with van der Waals surface area (Å²) in [6, 6.07) is 0.311. The van der Waals surface area contributed by atoms with Crippen molar-refractivity contribution in [1.82, 2.24) is 35.1 Å². The number of methoxy groups -OCH3 is 1. The number of aryl methyl sites for hydroxylation is 1. The number of tetrazole rings is 1. The van der Waals surface area contributed by atoms with Crippen molar-refractivity contribution < 1.29 is 4.74 Å². The minimum Gasteiger partial charge on any atom is -0.383 e. The number of aromatic amines is 1. The first-order valence-electron chi connectivity index (χ1n) is 10.1.